The molecule has 1 aliphatic carbocycles. The van der Waals surface area contributed by atoms with E-state index in [-0.39, 0.29) is 28.2 Å². The van der Waals surface area contributed by atoms with Gasteiger partial charge in [0.05, 0.1) is 15.5 Å². The Balaban J connectivity index is 1.46. The summed E-state index contributed by atoms with van der Waals surface area (Å²) in [6, 6.07) is 14.3. The van der Waals surface area contributed by atoms with E-state index in [1.807, 2.05) is 0 Å². The zero-order valence-electron chi connectivity index (χ0n) is 19.1. The van der Waals surface area contributed by atoms with E-state index in [0.29, 0.717) is 27.2 Å². The first-order valence-electron chi connectivity index (χ1n) is 11.6. The van der Waals surface area contributed by atoms with Gasteiger partial charge in [-0.15, -0.1) is 0 Å². The molecule has 1 amide bonds. The van der Waals surface area contributed by atoms with Gasteiger partial charge in [0.15, 0.2) is 5.17 Å². The zero-order chi connectivity index (χ0) is 25.2. The normalized spacial score (nSPS) is 18.9. The Morgan fingerprint density at radius 1 is 1.14 bits per heavy atom. The largest absolute Gasteiger partial charge is 0.478 e. The van der Waals surface area contributed by atoms with Gasteiger partial charge in [-0.1, -0.05) is 49.1 Å². The summed E-state index contributed by atoms with van der Waals surface area (Å²) >= 11 is 7.30. The van der Waals surface area contributed by atoms with Crippen LogP contribution in [-0.4, -0.2) is 33.1 Å². The third-order valence-electron chi connectivity index (χ3n) is 6.23. The summed E-state index contributed by atoms with van der Waals surface area (Å²) in [6.45, 7) is 0. The summed E-state index contributed by atoms with van der Waals surface area (Å²) in [6.07, 6.45) is 6.64. The summed E-state index contributed by atoms with van der Waals surface area (Å²) in [7, 11) is 0. The minimum Gasteiger partial charge on any atom is -0.478 e. The van der Waals surface area contributed by atoms with Crippen LogP contribution in [0, 0.1) is 5.82 Å². The number of nitrogens with zero attached hydrogens (tertiary/aromatic N) is 2. The van der Waals surface area contributed by atoms with Crippen LogP contribution in [-0.2, 0) is 4.79 Å². The number of amidine groups is 1. The number of carboxylic acid groups (broad SMARTS) is 1. The number of carbonyl (C=O) groups is 2. The summed E-state index contributed by atoms with van der Waals surface area (Å²) in [4.78, 5) is 31.3. The maximum absolute atomic E-state index is 14.3. The van der Waals surface area contributed by atoms with Crippen molar-refractivity contribution >= 4 is 52.2 Å². The molecule has 184 valence electrons. The Morgan fingerprint density at radius 2 is 1.92 bits per heavy atom. The van der Waals surface area contributed by atoms with Gasteiger partial charge < -0.3 is 9.52 Å². The van der Waals surface area contributed by atoms with Gasteiger partial charge in [0.2, 0.25) is 0 Å². The number of rotatable bonds is 5. The van der Waals surface area contributed by atoms with Gasteiger partial charge in [-0.05, 0) is 61.0 Å². The summed E-state index contributed by atoms with van der Waals surface area (Å²) in [5.41, 5.74) is 0.814. The summed E-state index contributed by atoms with van der Waals surface area (Å²) in [5, 5.41) is 9.75. The number of aliphatic imine (C=N–C) groups is 1. The molecule has 36 heavy (non-hydrogen) atoms. The van der Waals surface area contributed by atoms with Gasteiger partial charge in [-0.3, -0.25) is 9.69 Å². The molecular weight excluding hydrogens is 503 g/mol. The molecule has 5 rings (SSSR count). The molecule has 0 bridgehead atoms. The molecule has 9 heteroatoms. The third-order valence-corrected chi connectivity index (χ3v) is 7.53. The molecule has 6 nitrogen and oxygen atoms in total. The second-order valence-electron chi connectivity index (χ2n) is 8.63. The number of hydrogen-bond donors (Lipinski definition) is 1. The molecule has 2 fully saturated rings. The number of benzene rings is 2. The molecule has 1 saturated heterocycles. The Bertz CT molecular complexity index is 1390. The van der Waals surface area contributed by atoms with Gasteiger partial charge in [0.1, 0.15) is 23.0 Å². The van der Waals surface area contributed by atoms with Crippen LogP contribution in [0.2, 0.25) is 5.02 Å². The number of carboxylic acids is 1. The lowest BCUT2D eigenvalue weighted by Crippen LogP contribution is -2.40. The Hall–Kier alpha value is -3.36. The first-order chi connectivity index (χ1) is 17.4. The van der Waals surface area contributed by atoms with Crippen LogP contribution in [0.4, 0.5) is 10.1 Å². The molecule has 0 spiro atoms. The first kappa shape index (κ1) is 24.3. The molecule has 3 aromatic rings. The van der Waals surface area contributed by atoms with Gasteiger partial charge >= 0.3 is 5.97 Å². The van der Waals surface area contributed by atoms with E-state index >= 15 is 0 Å². The Kier molecular flexibility index (Phi) is 6.98. The predicted molar refractivity (Wildman–Crippen MR) is 139 cm³/mol. The number of carbonyl (C=O) groups excluding carboxylic acids is 1. The van der Waals surface area contributed by atoms with E-state index in [2.05, 4.69) is 4.99 Å². The highest BCUT2D eigenvalue weighted by atomic mass is 35.5. The number of hydrogen-bond acceptors (Lipinski definition) is 5. The van der Waals surface area contributed by atoms with Crippen LogP contribution < -0.4 is 0 Å². The minimum absolute atomic E-state index is 0.00624. The van der Waals surface area contributed by atoms with Crippen LogP contribution in [0.5, 0.6) is 0 Å². The van der Waals surface area contributed by atoms with Crippen molar-refractivity contribution in [2.45, 2.75) is 38.1 Å². The Morgan fingerprint density at radius 3 is 2.64 bits per heavy atom. The predicted octanol–water partition coefficient (Wildman–Crippen LogP) is 7.37. The number of halogens is 2. The fourth-order valence-corrected chi connectivity index (χ4v) is 5.72. The molecule has 0 atom stereocenters. The van der Waals surface area contributed by atoms with E-state index < -0.39 is 11.8 Å². The molecule has 1 saturated carbocycles. The maximum Gasteiger partial charge on any atom is 0.337 e. The number of para-hydroxylation sites is 1. The van der Waals surface area contributed by atoms with Gasteiger partial charge in [-0.25, -0.2) is 14.2 Å². The van der Waals surface area contributed by atoms with Crippen molar-refractivity contribution in [1.82, 2.24) is 4.90 Å². The van der Waals surface area contributed by atoms with Crippen molar-refractivity contribution in [2.75, 3.05) is 0 Å². The minimum atomic E-state index is -1.11. The molecule has 1 N–H and O–H groups in total. The highest BCUT2D eigenvalue weighted by Gasteiger charge is 2.39. The summed E-state index contributed by atoms with van der Waals surface area (Å²) in [5.74, 6) is -0.782. The standard InChI is InChI=1S/C27H22ClFN2O4S/c28-20-14-16(10-12-19(20)26(33)34)23-13-11-18(35-23)15-24-25(32)31(17-6-2-1-3-7-17)27(36-24)30-22-9-5-4-8-21(22)29/h4-5,8-15,17H,1-3,6-7H2,(H,33,34)/b24-15-,30-27?. The highest BCUT2D eigenvalue weighted by Crippen LogP contribution is 2.39. The van der Waals surface area contributed by atoms with E-state index in [4.69, 9.17) is 16.0 Å². The fourth-order valence-electron chi connectivity index (χ4n) is 4.43. The molecule has 0 unspecified atom stereocenters. The lowest BCUT2D eigenvalue weighted by Gasteiger charge is -2.30. The van der Waals surface area contributed by atoms with E-state index in [1.165, 1.54) is 30.0 Å². The van der Waals surface area contributed by atoms with Crippen molar-refractivity contribution in [1.29, 1.82) is 0 Å². The van der Waals surface area contributed by atoms with Crippen molar-refractivity contribution in [3.05, 3.63) is 81.7 Å². The van der Waals surface area contributed by atoms with Crippen molar-refractivity contribution < 1.29 is 23.5 Å². The van der Waals surface area contributed by atoms with Crippen LogP contribution in [0.1, 0.15) is 48.2 Å². The lowest BCUT2D eigenvalue weighted by molar-refractivity contribution is -0.124. The Labute approximate surface area is 216 Å². The van der Waals surface area contributed by atoms with Crippen LogP contribution in [0.15, 0.2) is 68.9 Å². The van der Waals surface area contributed by atoms with Crippen molar-refractivity contribution in [2.24, 2.45) is 4.99 Å². The number of amides is 1. The van der Waals surface area contributed by atoms with Crippen molar-refractivity contribution in [3.63, 3.8) is 0 Å². The fraction of sp³-hybridized carbons (Fsp3) is 0.222. The summed E-state index contributed by atoms with van der Waals surface area (Å²) < 4.78 is 20.2. The first-order valence-corrected chi connectivity index (χ1v) is 12.8. The topological polar surface area (TPSA) is 83.1 Å². The van der Waals surface area contributed by atoms with Crippen LogP contribution in [0.25, 0.3) is 17.4 Å². The number of aromatic carboxylic acids is 1. The quantitative estimate of drug-likeness (QED) is 0.352. The molecular formula is C27H22ClFN2O4S. The molecule has 0 radical (unpaired) electrons. The average molecular weight is 525 g/mol. The second-order valence-corrected chi connectivity index (χ2v) is 10.0. The van der Waals surface area contributed by atoms with E-state index in [1.54, 1.807) is 47.4 Å². The van der Waals surface area contributed by atoms with Gasteiger partial charge in [0, 0.05) is 17.7 Å². The van der Waals surface area contributed by atoms with Crippen LogP contribution >= 0.6 is 23.4 Å². The van der Waals surface area contributed by atoms with Gasteiger partial charge in [0.25, 0.3) is 5.91 Å². The average Bonchev–Trinajstić information content (AvgIpc) is 3.45. The molecule has 1 aromatic heterocycles. The molecule has 2 heterocycles. The van der Waals surface area contributed by atoms with E-state index in [9.17, 15) is 19.1 Å². The maximum atomic E-state index is 14.3. The second kappa shape index (κ2) is 10.3. The molecule has 2 aromatic carbocycles. The highest BCUT2D eigenvalue weighted by molar-refractivity contribution is 8.18. The van der Waals surface area contributed by atoms with Gasteiger partial charge in [-0.2, -0.15) is 0 Å². The zero-order valence-corrected chi connectivity index (χ0v) is 20.7. The monoisotopic (exact) mass is 524 g/mol. The molecule has 1 aliphatic heterocycles. The number of furan rings is 1. The number of thioether (sulfide) groups is 1. The smallest absolute Gasteiger partial charge is 0.337 e. The third kappa shape index (κ3) is 4.96. The SMILES string of the molecule is O=C(O)c1ccc(-c2ccc(/C=C3\SC(=Nc4ccccc4F)N(C4CCCCC4)C3=O)o2)cc1Cl. The van der Waals surface area contributed by atoms with Crippen molar-refractivity contribution in [3.8, 4) is 11.3 Å². The molecule has 2 aliphatic rings. The lowest BCUT2D eigenvalue weighted by atomic mass is 9.94. The van der Waals surface area contributed by atoms with E-state index in [0.717, 1.165) is 32.1 Å². The van der Waals surface area contributed by atoms with Crippen LogP contribution in [0.3, 0.4) is 0 Å².